The fourth-order valence-corrected chi connectivity index (χ4v) is 2.01. The number of hydrogen-bond donors (Lipinski definition) is 1. The van der Waals surface area contributed by atoms with Gasteiger partial charge in [-0.2, -0.15) is 0 Å². The molecular formula is C13H13N5. The Morgan fingerprint density at radius 3 is 2.89 bits per heavy atom. The monoisotopic (exact) mass is 239 g/mol. The Kier molecular flexibility index (Phi) is 2.53. The van der Waals surface area contributed by atoms with Gasteiger partial charge in [0.2, 0.25) is 0 Å². The second kappa shape index (κ2) is 4.19. The van der Waals surface area contributed by atoms with Crippen molar-refractivity contribution in [3.63, 3.8) is 0 Å². The van der Waals surface area contributed by atoms with Gasteiger partial charge in [0.25, 0.3) is 0 Å². The van der Waals surface area contributed by atoms with E-state index in [9.17, 15) is 0 Å². The molecule has 5 heteroatoms. The lowest BCUT2D eigenvalue weighted by Gasteiger charge is -2.03. The van der Waals surface area contributed by atoms with Crippen LogP contribution in [0.3, 0.4) is 0 Å². The molecule has 5 nitrogen and oxygen atoms in total. The molecule has 0 bridgehead atoms. The summed E-state index contributed by atoms with van der Waals surface area (Å²) in [6, 6.07) is 7.73. The van der Waals surface area contributed by atoms with Gasteiger partial charge in [-0.25, -0.2) is 9.97 Å². The third kappa shape index (κ3) is 1.65. The normalized spacial score (nSPS) is 11.0. The number of nitrogens with zero attached hydrogens (tertiary/aromatic N) is 4. The third-order valence-electron chi connectivity index (χ3n) is 2.91. The van der Waals surface area contributed by atoms with Crippen molar-refractivity contribution in [2.75, 3.05) is 0 Å². The first-order valence-electron chi connectivity index (χ1n) is 5.72. The smallest absolute Gasteiger partial charge is 0.159 e. The van der Waals surface area contributed by atoms with Crippen molar-refractivity contribution >= 4 is 11.2 Å². The summed E-state index contributed by atoms with van der Waals surface area (Å²) in [6.07, 6.45) is 3.52. The number of rotatable bonds is 2. The number of aromatic nitrogens is 4. The summed E-state index contributed by atoms with van der Waals surface area (Å²) in [6.45, 7) is 0.427. The molecule has 0 saturated carbocycles. The summed E-state index contributed by atoms with van der Waals surface area (Å²) in [5, 5.41) is 0. The lowest BCUT2D eigenvalue weighted by atomic mass is 10.2. The van der Waals surface area contributed by atoms with Crippen molar-refractivity contribution in [1.29, 1.82) is 0 Å². The molecule has 3 aromatic rings. The lowest BCUT2D eigenvalue weighted by molar-refractivity contribution is 0.936. The molecular weight excluding hydrogens is 226 g/mol. The van der Waals surface area contributed by atoms with Gasteiger partial charge in [0.1, 0.15) is 11.3 Å². The quantitative estimate of drug-likeness (QED) is 0.735. The highest BCUT2D eigenvalue weighted by Crippen LogP contribution is 2.22. The topological polar surface area (TPSA) is 69.6 Å². The van der Waals surface area contributed by atoms with Crippen LogP contribution in [0.25, 0.3) is 22.6 Å². The first-order chi connectivity index (χ1) is 8.79. The van der Waals surface area contributed by atoms with E-state index < -0.39 is 0 Å². The molecule has 0 unspecified atom stereocenters. The summed E-state index contributed by atoms with van der Waals surface area (Å²) in [4.78, 5) is 13.1. The van der Waals surface area contributed by atoms with E-state index >= 15 is 0 Å². The molecule has 0 aliphatic heterocycles. The van der Waals surface area contributed by atoms with Gasteiger partial charge in [0.15, 0.2) is 5.65 Å². The molecule has 0 radical (unpaired) electrons. The molecule has 0 fully saturated rings. The van der Waals surface area contributed by atoms with Crippen LogP contribution in [0.5, 0.6) is 0 Å². The SMILES string of the molecule is Cn1c(-c2ccnc(CN)c2)nc2cccnc21. The Labute approximate surface area is 104 Å². The molecule has 3 rings (SSSR count). The van der Waals surface area contributed by atoms with Crippen molar-refractivity contribution < 1.29 is 0 Å². The van der Waals surface area contributed by atoms with Crippen molar-refractivity contribution in [2.45, 2.75) is 6.54 Å². The van der Waals surface area contributed by atoms with Gasteiger partial charge in [-0.05, 0) is 24.3 Å². The zero-order chi connectivity index (χ0) is 12.5. The molecule has 0 saturated heterocycles. The zero-order valence-corrected chi connectivity index (χ0v) is 10.0. The van der Waals surface area contributed by atoms with Crippen LogP contribution in [-0.2, 0) is 13.6 Å². The highest BCUT2D eigenvalue weighted by Gasteiger charge is 2.10. The number of fused-ring (bicyclic) bond motifs is 1. The van der Waals surface area contributed by atoms with Crippen LogP contribution >= 0.6 is 0 Å². The Bertz CT molecular complexity index is 701. The van der Waals surface area contributed by atoms with E-state index in [-0.39, 0.29) is 0 Å². The van der Waals surface area contributed by atoms with Crippen LogP contribution < -0.4 is 5.73 Å². The fourth-order valence-electron chi connectivity index (χ4n) is 2.01. The number of imidazole rings is 1. The summed E-state index contributed by atoms with van der Waals surface area (Å²) in [7, 11) is 1.96. The Morgan fingerprint density at radius 2 is 2.11 bits per heavy atom. The molecule has 3 aromatic heterocycles. The highest BCUT2D eigenvalue weighted by molar-refractivity contribution is 5.76. The Balaban J connectivity index is 2.21. The number of aryl methyl sites for hydroxylation is 1. The maximum absolute atomic E-state index is 5.61. The molecule has 0 amide bonds. The number of pyridine rings is 2. The van der Waals surface area contributed by atoms with E-state index in [1.807, 2.05) is 35.9 Å². The van der Waals surface area contributed by atoms with Crippen LogP contribution in [0.1, 0.15) is 5.69 Å². The Morgan fingerprint density at radius 1 is 1.22 bits per heavy atom. The molecule has 0 atom stereocenters. The second-order valence-electron chi connectivity index (χ2n) is 4.08. The summed E-state index contributed by atoms with van der Waals surface area (Å²) in [5.74, 6) is 0.876. The molecule has 0 aliphatic carbocycles. The molecule has 18 heavy (non-hydrogen) atoms. The molecule has 3 heterocycles. The maximum Gasteiger partial charge on any atom is 0.159 e. The van der Waals surface area contributed by atoms with Gasteiger partial charge in [-0.15, -0.1) is 0 Å². The molecule has 0 spiro atoms. The minimum absolute atomic E-state index is 0.427. The van der Waals surface area contributed by atoms with Gasteiger partial charge in [0, 0.05) is 31.5 Å². The van der Waals surface area contributed by atoms with Gasteiger partial charge < -0.3 is 10.3 Å². The van der Waals surface area contributed by atoms with Crippen molar-refractivity contribution in [2.24, 2.45) is 12.8 Å². The zero-order valence-electron chi connectivity index (χ0n) is 10.0. The minimum atomic E-state index is 0.427. The molecule has 0 aromatic carbocycles. The number of hydrogen-bond acceptors (Lipinski definition) is 4. The standard InChI is InChI=1S/C13H13N5/c1-18-12(9-4-6-15-10(7-9)8-14)17-11-3-2-5-16-13(11)18/h2-7H,8,14H2,1H3. The predicted octanol–water partition coefficient (Wildman–Crippen LogP) is 1.49. The van der Waals surface area contributed by atoms with Crippen LogP contribution in [0, 0.1) is 0 Å². The molecule has 2 N–H and O–H groups in total. The summed E-state index contributed by atoms with van der Waals surface area (Å²) < 4.78 is 1.98. The van der Waals surface area contributed by atoms with Crippen LogP contribution in [-0.4, -0.2) is 19.5 Å². The first-order valence-corrected chi connectivity index (χ1v) is 5.72. The first kappa shape index (κ1) is 10.9. The Hall–Kier alpha value is -2.27. The van der Waals surface area contributed by atoms with Gasteiger partial charge in [-0.3, -0.25) is 4.98 Å². The maximum atomic E-state index is 5.61. The molecule has 0 aliphatic rings. The lowest BCUT2D eigenvalue weighted by Crippen LogP contribution is -2.00. The van der Waals surface area contributed by atoms with Crippen molar-refractivity contribution in [3.8, 4) is 11.4 Å². The van der Waals surface area contributed by atoms with Gasteiger partial charge in [-0.1, -0.05) is 0 Å². The summed E-state index contributed by atoms with van der Waals surface area (Å²) in [5.41, 5.74) is 9.23. The fraction of sp³-hybridized carbons (Fsp3) is 0.154. The van der Waals surface area contributed by atoms with Crippen LogP contribution in [0.2, 0.25) is 0 Å². The van der Waals surface area contributed by atoms with E-state index in [2.05, 4.69) is 15.0 Å². The van der Waals surface area contributed by atoms with Gasteiger partial charge in [0.05, 0.1) is 5.69 Å². The van der Waals surface area contributed by atoms with Gasteiger partial charge >= 0.3 is 0 Å². The highest BCUT2D eigenvalue weighted by atomic mass is 15.1. The predicted molar refractivity (Wildman–Crippen MR) is 69.6 cm³/mol. The third-order valence-corrected chi connectivity index (χ3v) is 2.91. The second-order valence-corrected chi connectivity index (χ2v) is 4.08. The average molecular weight is 239 g/mol. The average Bonchev–Trinajstić information content (AvgIpc) is 2.77. The summed E-state index contributed by atoms with van der Waals surface area (Å²) >= 11 is 0. The minimum Gasteiger partial charge on any atom is -0.325 e. The van der Waals surface area contributed by atoms with Crippen LogP contribution in [0.15, 0.2) is 36.7 Å². The molecule has 90 valence electrons. The van der Waals surface area contributed by atoms with Crippen molar-refractivity contribution in [1.82, 2.24) is 19.5 Å². The number of nitrogens with two attached hydrogens (primary N) is 1. The van der Waals surface area contributed by atoms with E-state index in [1.165, 1.54) is 0 Å². The van der Waals surface area contributed by atoms with Crippen LogP contribution in [0.4, 0.5) is 0 Å². The van der Waals surface area contributed by atoms with E-state index in [4.69, 9.17) is 5.73 Å². The van der Waals surface area contributed by atoms with Crippen molar-refractivity contribution in [3.05, 3.63) is 42.4 Å². The van der Waals surface area contributed by atoms with E-state index in [0.29, 0.717) is 6.54 Å². The van der Waals surface area contributed by atoms with E-state index in [0.717, 1.165) is 28.2 Å². The van der Waals surface area contributed by atoms with E-state index in [1.54, 1.807) is 12.4 Å². The largest absolute Gasteiger partial charge is 0.325 e.